The van der Waals surface area contributed by atoms with Crippen molar-refractivity contribution >= 4 is 60.8 Å². The summed E-state index contributed by atoms with van der Waals surface area (Å²) in [5.74, 6) is 0.862. The molecule has 0 unspecified atom stereocenters. The summed E-state index contributed by atoms with van der Waals surface area (Å²) in [7, 11) is 1.57. The average Bonchev–Trinajstić information content (AvgIpc) is 2.93. The topological polar surface area (TPSA) is 55.8 Å². The highest BCUT2D eigenvalue weighted by molar-refractivity contribution is 9.10. The van der Waals surface area contributed by atoms with E-state index in [-0.39, 0.29) is 17.7 Å². The molecule has 0 aromatic heterocycles. The number of methoxy groups -OCH3 is 1. The number of nitrogens with zero attached hydrogens (tertiary/aromatic N) is 1. The van der Waals surface area contributed by atoms with Crippen molar-refractivity contribution in [3.63, 3.8) is 0 Å². The summed E-state index contributed by atoms with van der Waals surface area (Å²) in [4.78, 5) is 26.8. The van der Waals surface area contributed by atoms with Gasteiger partial charge in [0, 0.05) is 8.95 Å². The Balaban J connectivity index is 1.87. The van der Waals surface area contributed by atoms with Gasteiger partial charge in [0.2, 0.25) is 0 Å². The van der Waals surface area contributed by atoms with E-state index in [4.69, 9.17) is 9.47 Å². The SMILES string of the molecule is CCOc1cc(/C=C2\SC(=O)N(Cc3ccc(Br)cc3)C2=O)c(Br)cc1OC. The number of halogens is 2. The number of ether oxygens (including phenoxy) is 2. The summed E-state index contributed by atoms with van der Waals surface area (Å²) in [6, 6.07) is 11.1. The van der Waals surface area contributed by atoms with Crippen LogP contribution >= 0.6 is 43.6 Å². The van der Waals surface area contributed by atoms with Crippen LogP contribution in [0.2, 0.25) is 0 Å². The van der Waals surface area contributed by atoms with Crippen molar-refractivity contribution < 1.29 is 19.1 Å². The fourth-order valence-electron chi connectivity index (χ4n) is 2.64. The Morgan fingerprint density at radius 2 is 1.82 bits per heavy atom. The molecule has 0 saturated carbocycles. The first-order valence-corrected chi connectivity index (χ1v) is 10.8. The number of imide groups is 1. The molecule has 1 saturated heterocycles. The lowest BCUT2D eigenvalue weighted by atomic mass is 10.1. The smallest absolute Gasteiger partial charge is 0.293 e. The number of benzene rings is 2. The lowest BCUT2D eigenvalue weighted by Gasteiger charge is -2.13. The van der Waals surface area contributed by atoms with Crippen LogP contribution in [-0.2, 0) is 11.3 Å². The quantitative estimate of drug-likeness (QED) is 0.441. The lowest BCUT2D eigenvalue weighted by Crippen LogP contribution is -2.27. The Hall–Kier alpha value is -1.77. The highest BCUT2D eigenvalue weighted by Gasteiger charge is 2.35. The van der Waals surface area contributed by atoms with E-state index in [2.05, 4.69) is 31.9 Å². The molecule has 1 fully saturated rings. The first-order valence-electron chi connectivity index (χ1n) is 8.43. The molecular weight excluding hydrogens is 510 g/mol. The van der Waals surface area contributed by atoms with Crippen molar-refractivity contribution in [2.75, 3.05) is 13.7 Å². The molecule has 0 N–H and O–H groups in total. The third-order valence-electron chi connectivity index (χ3n) is 4.00. The fraction of sp³-hybridized carbons (Fsp3) is 0.200. The van der Waals surface area contributed by atoms with E-state index in [0.717, 1.165) is 31.8 Å². The predicted octanol–water partition coefficient (Wildman–Crippen LogP) is 5.86. The summed E-state index contributed by atoms with van der Waals surface area (Å²) < 4.78 is 12.6. The molecule has 2 aromatic rings. The van der Waals surface area contributed by atoms with Crippen LogP contribution in [0.1, 0.15) is 18.1 Å². The molecule has 0 radical (unpaired) electrons. The maximum absolute atomic E-state index is 12.8. The lowest BCUT2D eigenvalue weighted by molar-refractivity contribution is -0.123. The highest BCUT2D eigenvalue weighted by Crippen LogP contribution is 2.38. The first-order chi connectivity index (χ1) is 13.4. The van der Waals surface area contributed by atoms with Gasteiger partial charge in [-0.25, -0.2) is 0 Å². The first kappa shape index (κ1) is 21.0. The molecule has 8 heteroatoms. The third kappa shape index (κ3) is 4.61. The van der Waals surface area contributed by atoms with Crippen LogP contribution in [0.15, 0.2) is 50.2 Å². The van der Waals surface area contributed by atoms with E-state index in [1.54, 1.807) is 25.3 Å². The van der Waals surface area contributed by atoms with Crippen LogP contribution in [-0.4, -0.2) is 29.8 Å². The second kappa shape index (κ2) is 9.15. The zero-order chi connectivity index (χ0) is 20.3. The van der Waals surface area contributed by atoms with Gasteiger partial charge in [-0.3, -0.25) is 14.5 Å². The number of hydrogen-bond donors (Lipinski definition) is 0. The molecule has 3 rings (SSSR count). The number of amides is 2. The maximum Gasteiger partial charge on any atom is 0.293 e. The normalized spacial score (nSPS) is 15.4. The van der Waals surface area contributed by atoms with Gasteiger partial charge in [0.1, 0.15) is 0 Å². The minimum Gasteiger partial charge on any atom is -0.493 e. The van der Waals surface area contributed by atoms with Gasteiger partial charge in [-0.15, -0.1) is 0 Å². The summed E-state index contributed by atoms with van der Waals surface area (Å²) in [5, 5.41) is -0.283. The molecule has 1 aliphatic rings. The van der Waals surface area contributed by atoms with E-state index in [9.17, 15) is 9.59 Å². The second-order valence-electron chi connectivity index (χ2n) is 5.85. The average molecular weight is 527 g/mol. The Kier molecular flexibility index (Phi) is 6.85. The number of rotatable bonds is 6. The van der Waals surface area contributed by atoms with Crippen LogP contribution in [0.25, 0.3) is 6.08 Å². The molecule has 28 heavy (non-hydrogen) atoms. The Morgan fingerprint density at radius 1 is 1.11 bits per heavy atom. The van der Waals surface area contributed by atoms with Crippen molar-refractivity contribution in [2.24, 2.45) is 0 Å². The monoisotopic (exact) mass is 525 g/mol. The molecule has 5 nitrogen and oxygen atoms in total. The fourth-order valence-corrected chi connectivity index (χ4v) is 4.17. The summed E-state index contributed by atoms with van der Waals surface area (Å²) in [6.45, 7) is 2.61. The molecule has 0 atom stereocenters. The Bertz CT molecular complexity index is 944. The molecular formula is C20H17Br2NO4S. The minimum absolute atomic E-state index is 0.239. The van der Waals surface area contributed by atoms with Crippen LogP contribution < -0.4 is 9.47 Å². The number of hydrogen-bond acceptors (Lipinski definition) is 5. The van der Waals surface area contributed by atoms with Crippen molar-refractivity contribution in [2.45, 2.75) is 13.5 Å². The third-order valence-corrected chi connectivity index (χ3v) is 6.12. The van der Waals surface area contributed by atoms with E-state index in [1.807, 2.05) is 31.2 Å². The highest BCUT2D eigenvalue weighted by atomic mass is 79.9. The largest absolute Gasteiger partial charge is 0.493 e. The van der Waals surface area contributed by atoms with Gasteiger partial charge in [-0.05, 0) is 60.2 Å². The van der Waals surface area contributed by atoms with Crippen molar-refractivity contribution in [1.82, 2.24) is 4.90 Å². The van der Waals surface area contributed by atoms with Gasteiger partial charge in [-0.2, -0.15) is 0 Å². The van der Waals surface area contributed by atoms with Gasteiger partial charge in [0.15, 0.2) is 11.5 Å². The Morgan fingerprint density at radius 3 is 2.46 bits per heavy atom. The summed E-state index contributed by atoms with van der Waals surface area (Å²) in [5.41, 5.74) is 1.62. The number of thioether (sulfide) groups is 1. The van der Waals surface area contributed by atoms with E-state index >= 15 is 0 Å². The summed E-state index contributed by atoms with van der Waals surface area (Å²) in [6.07, 6.45) is 1.69. The van der Waals surface area contributed by atoms with Crippen LogP contribution in [0.3, 0.4) is 0 Å². The molecule has 2 amide bonds. The zero-order valence-corrected chi connectivity index (χ0v) is 19.2. The number of carbonyl (C=O) groups excluding carboxylic acids is 2. The van der Waals surface area contributed by atoms with Crippen LogP contribution in [0.4, 0.5) is 4.79 Å². The summed E-state index contributed by atoms with van der Waals surface area (Å²) >= 11 is 7.80. The van der Waals surface area contributed by atoms with Crippen molar-refractivity contribution in [1.29, 1.82) is 0 Å². The van der Waals surface area contributed by atoms with Crippen molar-refractivity contribution in [3.05, 3.63) is 61.4 Å². The standard InChI is InChI=1S/C20H17Br2NO4S/c1-3-27-17-8-13(15(22)10-16(17)26-2)9-18-19(24)23(20(25)28-18)11-12-4-6-14(21)7-5-12/h4-10H,3,11H2,1-2H3/b18-9-. The van der Waals surface area contributed by atoms with Gasteiger partial charge in [0.05, 0.1) is 25.2 Å². The molecule has 0 aliphatic carbocycles. The molecule has 2 aromatic carbocycles. The van der Waals surface area contributed by atoms with Crippen LogP contribution in [0, 0.1) is 0 Å². The van der Waals surface area contributed by atoms with Gasteiger partial charge in [0.25, 0.3) is 11.1 Å². The minimum atomic E-state index is -0.307. The molecule has 0 bridgehead atoms. The van der Waals surface area contributed by atoms with E-state index in [1.165, 1.54) is 4.90 Å². The molecule has 1 aliphatic heterocycles. The number of carbonyl (C=O) groups is 2. The van der Waals surface area contributed by atoms with Crippen LogP contribution in [0.5, 0.6) is 11.5 Å². The maximum atomic E-state index is 12.8. The molecule has 146 valence electrons. The molecule has 0 spiro atoms. The predicted molar refractivity (Wildman–Crippen MR) is 118 cm³/mol. The van der Waals surface area contributed by atoms with E-state index in [0.29, 0.717) is 23.0 Å². The van der Waals surface area contributed by atoms with Gasteiger partial charge < -0.3 is 9.47 Å². The van der Waals surface area contributed by atoms with E-state index < -0.39 is 0 Å². The van der Waals surface area contributed by atoms with Crippen molar-refractivity contribution in [3.8, 4) is 11.5 Å². The van der Waals surface area contributed by atoms with Gasteiger partial charge >= 0.3 is 0 Å². The van der Waals surface area contributed by atoms with Gasteiger partial charge in [-0.1, -0.05) is 44.0 Å². The zero-order valence-electron chi connectivity index (χ0n) is 15.2. The second-order valence-corrected chi connectivity index (χ2v) is 8.62. The molecule has 1 heterocycles. The Labute approximate surface area is 184 Å².